The lowest BCUT2D eigenvalue weighted by molar-refractivity contribution is -0.123. The van der Waals surface area contributed by atoms with Crippen molar-refractivity contribution in [3.63, 3.8) is 0 Å². The van der Waals surface area contributed by atoms with Gasteiger partial charge >= 0.3 is 0 Å². The fraction of sp³-hybridized carbons (Fsp3) is 0.348. The number of sulfonamides is 1. The van der Waals surface area contributed by atoms with Crippen molar-refractivity contribution in [2.75, 3.05) is 31.1 Å². The summed E-state index contributed by atoms with van der Waals surface area (Å²) in [5.74, 6) is 0.445. The molecule has 6 nitrogen and oxygen atoms in total. The number of carbonyl (C=O) groups excluding carboxylic acids is 1. The van der Waals surface area contributed by atoms with E-state index in [1.54, 1.807) is 35.2 Å². The van der Waals surface area contributed by atoms with Crippen LogP contribution in [-0.4, -0.2) is 44.9 Å². The monoisotopic (exact) mass is 428 g/mol. The van der Waals surface area contributed by atoms with Crippen molar-refractivity contribution in [3.8, 4) is 5.75 Å². The van der Waals surface area contributed by atoms with Crippen LogP contribution in [0.2, 0.25) is 0 Å². The lowest BCUT2D eigenvalue weighted by Crippen LogP contribution is -2.44. The van der Waals surface area contributed by atoms with Crippen LogP contribution in [0.15, 0.2) is 72.1 Å². The predicted molar refractivity (Wildman–Crippen MR) is 118 cm³/mol. The Kier molecular flexibility index (Phi) is 7.29. The number of benzene rings is 2. The number of amides is 1. The molecule has 30 heavy (non-hydrogen) atoms. The molecular formula is C23H28N2O4S. The lowest BCUT2D eigenvalue weighted by atomic mass is 9.96. The number of para-hydroxylation sites is 1. The van der Waals surface area contributed by atoms with Crippen molar-refractivity contribution in [2.24, 2.45) is 5.92 Å². The molecule has 1 amide bonds. The fourth-order valence-electron chi connectivity index (χ4n) is 3.65. The van der Waals surface area contributed by atoms with Crippen molar-refractivity contribution in [2.45, 2.75) is 24.7 Å². The summed E-state index contributed by atoms with van der Waals surface area (Å²) in [6.07, 6.45) is 2.70. The van der Waals surface area contributed by atoms with Gasteiger partial charge in [0.25, 0.3) is 0 Å². The largest absolute Gasteiger partial charge is 0.494 e. The standard InChI is InChI=1S/C23H28N2O4S/c1-3-16-25(20-8-6-5-7-9-20)23(26)19-14-17-24(18-15-19)30(27,28)22-12-10-21(11-13-22)29-4-2/h3,5-13,19H,1,4,14-18H2,2H3. The van der Waals surface area contributed by atoms with Gasteiger partial charge in [-0.3, -0.25) is 4.79 Å². The smallest absolute Gasteiger partial charge is 0.243 e. The predicted octanol–water partition coefficient (Wildman–Crippen LogP) is 3.71. The van der Waals surface area contributed by atoms with E-state index in [9.17, 15) is 13.2 Å². The molecule has 2 aromatic rings. The minimum absolute atomic E-state index is 0.0132. The molecule has 0 atom stereocenters. The van der Waals surface area contributed by atoms with Crippen LogP contribution in [0.1, 0.15) is 19.8 Å². The molecule has 1 aliphatic heterocycles. The Morgan fingerprint density at radius 2 is 1.77 bits per heavy atom. The molecule has 160 valence electrons. The Bertz CT molecular complexity index is 950. The van der Waals surface area contributed by atoms with Gasteiger partial charge in [0.05, 0.1) is 11.5 Å². The summed E-state index contributed by atoms with van der Waals surface area (Å²) in [6.45, 7) is 7.23. The minimum atomic E-state index is -3.59. The van der Waals surface area contributed by atoms with E-state index >= 15 is 0 Å². The summed E-state index contributed by atoms with van der Waals surface area (Å²) in [5.41, 5.74) is 0.826. The molecule has 0 aliphatic carbocycles. The number of rotatable bonds is 8. The highest BCUT2D eigenvalue weighted by molar-refractivity contribution is 7.89. The first-order valence-corrected chi connectivity index (χ1v) is 11.6. The average molecular weight is 429 g/mol. The zero-order valence-electron chi connectivity index (χ0n) is 17.2. The Morgan fingerprint density at radius 3 is 2.33 bits per heavy atom. The molecule has 1 heterocycles. The second-order valence-corrected chi connectivity index (χ2v) is 9.09. The van der Waals surface area contributed by atoms with E-state index in [0.29, 0.717) is 44.8 Å². The van der Waals surface area contributed by atoms with E-state index in [-0.39, 0.29) is 16.7 Å². The molecule has 1 aliphatic rings. The van der Waals surface area contributed by atoms with Gasteiger partial charge in [0, 0.05) is 31.2 Å². The lowest BCUT2D eigenvalue weighted by Gasteiger charge is -2.33. The number of carbonyl (C=O) groups is 1. The topological polar surface area (TPSA) is 66.9 Å². The maximum Gasteiger partial charge on any atom is 0.243 e. The van der Waals surface area contributed by atoms with Crippen molar-refractivity contribution >= 4 is 21.6 Å². The second-order valence-electron chi connectivity index (χ2n) is 7.16. The summed E-state index contributed by atoms with van der Waals surface area (Å²) in [7, 11) is -3.59. The van der Waals surface area contributed by atoms with Crippen LogP contribution in [0.25, 0.3) is 0 Å². The number of piperidine rings is 1. The van der Waals surface area contributed by atoms with Crippen molar-refractivity contribution < 1.29 is 17.9 Å². The molecule has 0 bridgehead atoms. The van der Waals surface area contributed by atoms with Gasteiger partial charge in [-0.15, -0.1) is 6.58 Å². The van der Waals surface area contributed by atoms with Crippen LogP contribution < -0.4 is 9.64 Å². The molecule has 1 fully saturated rings. The van der Waals surface area contributed by atoms with Gasteiger partial charge in [-0.05, 0) is 56.2 Å². The molecule has 0 radical (unpaired) electrons. The molecule has 0 N–H and O–H groups in total. The maximum absolute atomic E-state index is 13.1. The number of nitrogens with zero attached hydrogens (tertiary/aromatic N) is 2. The number of anilines is 1. The highest BCUT2D eigenvalue weighted by Gasteiger charge is 2.34. The van der Waals surface area contributed by atoms with Crippen LogP contribution >= 0.6 is 0 Å². The minimum Gasteiger partial charge on any atom is -0.494 e. The number of hydrogen-bond acceptors (Lipinski definition) is 4. The molecule has 1 saturated heterocycles. The highest BCUT2D eigenvalue weighted by atomic mass is 32.2. The fourth-order valence-corrected chi connectivity index (χ4v) is 5.12. The van der Waals surface area contributed by atoms with Crippen LogP contribution in [0, 0.1) is 5.92 Å². The molecule has 0 aromatic heterocycles. The van der Waals surface area contributed by atoms with E-state index in [0.717, 1.165) is 5.69 Å². The third-order valence-corrected chi connectivity index (χ3v) is 7.13. The van der Waals surface area contributed by atoms with Crippen LogP contribution in [0.5, 0.6) is 5.75 Å². The van der Waals surface area contributed by atoms with E-state index < -0.39 is 10.0 Å². The average Bonchev–Trinajstić information content (AvgIpc) is 2.78. The highest BCUT2D eigenvalue weighted by Crippen LogP contribution is 2.27. The molecule has 0 spiro atoms. The maximum atomic E-state index is 13.1. The van der Waals surface area contributed by atoms with Gasteiger partial charge in [0.15, 0.2) is 0 Å². The van der Waals surface area contributed by atoms with Gasteiger partial charge in [0.1, 0.15) is 5.75 Å². The van der Waals surface area contributed by atoms with Crippen molar-refractivity contribution in [1.29, 1.82) is 0 Å². The summed E-state index contributed by atoms with van der Waals surface area (Å²) in [4.78, 5) is 15.1. The summed E-state index contributed by atoms with van der Waals surface area (Å²) >= 11 is 0. The van der Waals surface area contributed by atoms with Gasteiger partial charge in [-0.1, -0.05) is 24.3 Å². The van der Waals surface area contributed by atoms with Gasteiger partial charge < -0.3 is 9.64 Å². The van der Waals surface area contributed by atoms with E-state index in [4.69, 9.17) is 4.74 Å². The van der Waals surface area contributed by atoms with E-state index in [1.165, 1.54) is 4.31 Å². The molecule has 3 rings (SSSR count). The summed E-state index contributed by atoms with van der Waals surface area (Å²) in [6, 6.07) is 16.0. The van der Waals surface area contributed by atoms with E-state index in [1.807, 2.05) is 37.3 Å². The van der Waals surface area contributed by atoms with Gasteiger partial charge in [0.2, 0.25) is 15.9 Å². The first-order valence-electron chi connectivity index (χ1n) is 10.2. The summed E-state index contributed by atoms with van der Waals surface area (Å²) < 4.78 is 32.8. The Balaban J connectivity index is 1.67. The molecular weight excluding hydrogens is 400 g/mol. The third kappa shape index (κ3) is 4.91. The number of ether oxygens (including phenoxy) is 1. The van der Waals surface area contributed by atoms with Gasteiger partial charge in [-0.2, -0.15) is 4.31 Å². The quantitative estimate of drug-likeness (QED) is 0.601. The zero-order valence-corrected chi connectivity index (χ0v) is 18.1. The van der Waals surface area contributed by atoms with Crippen LogP contribution in [0.3, 0.4) is 0 Å². The Hall–Kier alpha value is -2.64. The van der Waals surface area contributed by atoms with E-state index in [2.05, 4.69) is 6.58 Å². The molecule has 7 heteroatoms. The van der Waals surface area contributed by atoms with Crippen molar-refractivity contribution in [1.82, 2.24) is 4.31 Å². The normalized spacial score (nSPS) is 15.5. The van der Waals surface area contributed by atoms with Crippen molar-refractivity contribution in [3.05, 3.63) is 67.3 Å². The first-order chi connectivity index (χ1) is 14.5. The number of hydrogen-bond donors (Lipinski definition) is 0. The molecule has 2 aromatic carbocycles. The second kappa shape index (κ2) is 9.91. The Labute approximate surface area is 178 Å². The Morgan fingerprint density at radius 1 is 1.13 bits per heavy atom. The van der Waals surface area contributed by atoms with Crippen LogP contribution in [-0.2, 0) is 14.8 Å². The molecule has 0 unspecified atom stereocenters. The summed E-state index contributed by atoms with van der Waals surface area (Å²) in [5, 5.41) is 0. The SMILES string of the molecule is C=CCN(C(=O)C1CCN(S(=O)(=O)c2ccc(OCC)cc2)CC1)c1ccccc1. The molecule has 0 saturated carbocycles. The zero-order chi connectivity index (χ0) is 21.6. The van der Waals surface area contributed by atoms with Crippen LogP contribution in [0.4, 0.5) is 5.69 Å². The van der Waals surface area contributed by atoms with Gasteiger partial charge in [-0.25, -0.2) is 8.42 Å². The third-order valence-electron chi connectivity index (χ3n) is 5.22. The first kappa shape index (κ1) is 22.1.